The fraction of sp³-hybridized carbons (Fsp3) is 0.278. The molecular weight excluding hydrogens is 260 g/mol. The number of hydrogen-bond donors (Lipinski definition) is 2. The summed E-state index contributed by atoms with van der Waals surface area (Å²) in [6, 6.07) is 12.0. The summed E-state index contributed by atoms with van der Waals surface area (Å²) in [6.45, 7) is 5.99. The minimum absolute atomic E-state index is 0.0338. The molecule has 0 aliphatic rings. The van der Waals surface area contributed by atoms with Gasteiger partial charge >= 0.3 is 0 Å². The van der Waals surface area contributed by atoms with E-state index >= 15 is 0 Å². The fourth-order valence-corrected chi connectivity index (χ4v) is 2.32. The Morgan fingerprint density at radius 1 is 1.05 bits per heavy atom. The summed E-state index contributed by atoms with van der Waals surface area (Å²) in [7, 11) is 0. The van der Waals surface area contributed by atoms with Gasteiger partial charge in [0, 0.05) is 17.8 Å². The molecule has 0 aromatic heterocycles. The highest BCUT2D eigenvalue weighted by molar-refractivity contribution is 5.92. The number of carbonyl (C=O) groups excluding carboxylic acids is 1. The van der Waals surface area contributed by atoms with Gasteiger partial charge in [-0.1, -0.05) is 30.3 Å². The normalized spacial score (nSPS) is 10.4. The van der Waals surface area contributed by atoms with Crippen LogP contribution in [0.4, 0.5) is 11.4 Å². The Labute approximate surface area is 126 Å². The molecule has 1 amide bonds. The SMILES string of the molecule is Cc1ccc(CCC(=O)Nc2c(C)cccc2C)cc1N. The van der Waals surface area contributed by atoms with Crippen LogP contribution in [0.2, 0.25) is 0 Å². The molecule has 0 aliphatic heterocycles. The second kappa shape index (κ2) is 6.44. The van der Waals surface area contributed by atoms with Crippen molar-refractivity contribution in [2.45, 2.75) is 33.6 Å². The monoisotopic (exact) mass is 282 g/mol. The molecule has 0 heterocycles. The van der Waals surface area contributed by atoms with E-state index in [4.69, 9.17) is 5.73 Å². The molecule has 3 nitrogen and oxygen atoms in total. The number of rotatable bonds is 4. The van der Waals surface area contributed by atoms with Crippen LogP contribution in [0.3, 0.4) is 0 Å². The minimum atomic E-state index is 0.0338. The highest BCUT2D eigenvalue weighted by Gasteiger charge is 2.07. The molecule has 0 spiro atoms. The third-order valence-corrected chi connectivity index (χ3v) is 3.73. The Morgan fingerprint density at radius 2 is 1.71 bits per heavy atom. The number of carbonyl (C=O) groups is 1. The molecule has 0 radical (unpaired) electrons. The molecule has 0 saturated carbocycles. The maximum Gasteiger partial charge on any atom is 0.224 e. The Bertz CT molecular complexity index is 642. The van der Waals surface area contributed by atoms with Crippen LogP contribution in [-0.2, 0) is 11.2 Å². The van der Waals surface area contributed by atoms with Gasteiger partial charge < -0.3 is 11.1 Å². The number of anilines is 2. The van der Waals surface area contributed by atoms with Gasteiger partial charge in [-0.05, 0) is 55.5 Å². The highest BCUT2D eigenvalue weighted by atomic mass is 16.1. The standard InChI is InChI=1S/C18H22N2O/c1-12-7-8-15(11-16(12)19)9-10-17(21)20-18-13(2)5-4-6-14(18)3/h4-8,11H,9-10,19H2,1-3H3,(H,20,21). The van der Waals surface area contributed by atoms with Crippen molar-refractivity contribution in [3.05, 3.63) is 58.7 Å². The zero-order valence-corrected chi connectivity index (χ0v) is 12.9. The van der Waals surface area contributed by atoms with Crippen molar-refractivity contribution in [2.24, 2.45) is 0 Å². The van der Waals surface area contributed by atoms with Gasteiger partial charge in [0.15, 0.2) is 0 Å². The van der Waals surface area contributed by atoms with Gasteiger partial charge in [0.2, 0.25) is 5.91 Å². The maximum atomic E-state index is 12.1. The molecule has 0 bridgehead atoms. The number of nitrogen functional groups attached to an aromatic ring is 1. The van der Waals surface area contributed by atoms with Gasteiger partial charge in [0.1, 0.15) is 0 Å². The number of amides is 1. The molecule has 21 heavy (non-hydrogen) atoms. The molecule has 110 valence electrons. The van der Waals surface area contributed by atoms with Crippen LogP contribution in [0.5, 0.6) is 0 Å². The lowest BCUT2D eigenvalue weighted by Gasteiger charge is -2.11. The van der Waals surface area contributed by atoms with Crippen molar-refractivity contribution in [1.82, 2.24) is 0 Å². The second-order valence-electron chi connectivity index (χ2n) is 5.51. The first-order valence-corrected chi connectivity index (χ1v) is 7.18. The van der Waals surface area contributed by atoms with Gasteiger partial charge in [0.25, 0.3) is 0 Å². The predicted molar refractivity (Wildman–Crippen MR) is 88.5 cm³/mol. The van der Waals surface area contributed by atoms with Gasteiger partial charge in [-0.3, -0.25) is 4.79 Å². The Morgan fingerprint density at radius 3 is 2.33 bits per heavy atom. The molecule has 0 fully saturated rings. The van der Waals surface area contributed by atoms with E-state index in [-0.39, 0.29) is 5.91 Å². The zero-order chi connectivity index (χ0) is 15.4. The van der Waals surface area contributed by atoms with Gasteiger partial charge in [0.05, 0.1) is 0 Å². The number of benzene rings is 2. The summed E-state index contributed by atoms with van der Waals surface area (Å²) in [4.78, 5) is 12.1. The smallest absolute Gasteiger partial charge is 0.224 e. The number of para-hydroxylation sites is 1. The maximum absolute atomic E-state index is 12.1. The van der Waals surface area contributed by atoms with Crippen molar-refractivity contribution in [2.75, 3.05) is 11.1 Å². The van der Waals surface area contributed by atoms with Crippen molar-refractivity contribution < 1.29 is 4.79 Å². The number of nitrogens with two attached hydrogens (primary N) is 1. The van der Waals surface area contributed by atoms with E-state index < -0.39 is 0 Å². The van der Waals surface area contributed by atoms with Crippen LogP contribution >= 0.6 is 0 Å². The Hall–Kier alpha value is -2.29. The average molecular weight is 282 g/mol. The fourth-order valence-electron chi connectivity index (χ4n) is 2.32. The molecule has 0 unspecified atom stereocenters. The molecular formula is C18H22N2O. The molecule has 3 N–H and O–H groups in total. The van der Waals surface area contributed by atoms with E-state index in [1.54, 1.807) is 0 Å². The van der Waals surface area contributed by atoms with Crippen molar-refractivity contribution >= 4 is 17.3 Å². The molecule has 0 aliphatic carbocycles. The summed E-state index contributed by atoms with van der Waals surface area (Å²) in [5.41, 5.74) is 11.9. The quantitative estimate of drug-likeness (QED) is 0.839. The average Bonchev–Trinajstić information content (AvgIpc) is 2.44. The Kier molecular flexibility index (Phi) is 4.63. The van der Waals surface area contributed by atoms with Gasteiger partial charge in [-0.25, -0.2) is 0 Å². The van der Waals surface area contributed by atoms with E-state index in [1.807, 2.05) is 57.2 Å². The lowest BCUT2D eigenvalue weighted by Crippen LogP contribution is -2.14. The largest absolute Gasteiger partial charge is 0.399 e. The van der Waals surface area contributed by atoms with Crippen LogP contribution in [-0.4, -0.2) is 5.91 Å². The van der Waals surface area contributed by atoms with Crippen LogP contribution in [0.25, 0.3) is 0 Å². The molecule has 3 heteroatoms. The third kappa shape index (κ3) is 3.85. The highest BCUT2D eigenvalue weighted by Crippen LogP contribution is 2.20. The lowest BCUT2D eigenvalue weighted by molar-refractivity contribution is -0.116. The van der Waals surface area contributed by atoms with Gasteiger partial charge in [-0.15, -0.1) is 0 Å². The molecule has 0 saturated heterocycles. The van der Waals surface area contributed by atoms with E-state index in [2.05, 4.69) is 5.32 Å². The topological polar surface area (TPSA) is 55.1 Å². The second-order valence-corrected chi connectivity index (χ2v) is 5.51. The first kappa shape index (κ1) is 15.1. The summed E-state index contributed by atoms with van der Waals surface area (Å²) in [5, 5.41) is 3.00. The molecule has 2 aromatic rings. The summed E-state index contributed by atoms with van der Waals surface area (Å²) in [6.07, 6.45) is 1.15. The summed E-state index contributed by atoms with van der Waals surface area (Å²) >= 11 is 0. The minimum Gasteiger partial charge on any atom is -0.399 e. The van der Waals surface area contributed by atoms with E-state index in [0.717, 1.165) is 33.6 Å². The molecule has 2 rings (SSSR count). The molecule has 2 aromatic carbocycles. The summed E-state index contributed by atoms with van der Waals surface area (Å²) < 4.78 is 0. The summed E-state index contributed by atoms with van der Waals surface area (Å²) in [5.74, 6) is 0.0338. The van der Waals surface area contributed by atoms with E-state index in [9.17, 15) is 4.79 Å². The van der Waals surface area contributed by atoms with E-state index in [1.165, 1.54) is 0 Å². The third-order valence-electron chi connectivity index (χ3n) is 3.73. The van der Waals surface area contributed by atoms with Crippen LogP contribution < -0.4 is 11.1 Å². The van der Waals surface area contributed by atoms with Crippen molar-refractivity contribution in [3.8, 4) is 0 Å². The van der Waals surface area contributed by atoms with Gasteiger partial charge in [-0.2, -0.15) is 0 Å². The van der Waals surface area contributed by atoms with Crippen molar-refractivity contribution in [1.29, 1.82) is 0 Å². The van der Waals surface area contributed by atoms with Crippen molar-refractivity contribution in [3.63, 3.8) is 0 Å². The number of nitrogens with one attached hydrogen (secondary N) is 1. The molecule has 0 atom stereocenters. The number of aryl methyl sites for hydroxylation is 4. The lowest BCUT2D eigenvalue weighted by atomic mass is 10.1. The van der Waals surface area contributed by atoms with E-state index in [0.29, 0.717) is 12.8 Å². The first-order chi connectivity index (χ1) is 9.97. The number of hydrogen-bond acceptors (Lipinski definition) is 2. The zero-order valence-electron chi connectivity index (χ0n) is 12.9. The van der Waals surface area contributed by atoms with Crippen LogP contribution in [0.15, 0.2) is 36.4 Å². The van der Waals surface area contributed by atoms with Crippen LogP contribution in [0, 0.1) is 20.8 Å². The Balaban J connectivity index is 1.97. The predicted octanol–water partition coefficient (Wildman–Crippen LogP) is 3.77. The van der Waals surface area contributed by atoms with Crippen LogP contribution in [0.1, 0.15) is 28.7 Å². The first-order valence-electron chi connectivity index (χ1n) is 7.18.